The summed E-state index contributed by atoms with van der Waals surface area (Å²) in [7, 11) is 0. The second-order valence-electron chi connectivity index (χ2n) is 4.64. The maximum Gasteiger partial charge on any atom is 0.272 e. The number of nitro benzene ring substituents is 1. The average molecular weight is 287 g/mol. The van der Waals surface area contributed by atoms with Crippen LogP contribution in [0, 0.1) is 15.9 Å². The summed E-state index contributed by atoms with van der Waals surface area (Å²) in [4.78, 5) is 21.7. The average Bonchev–Trinajstić information content (AvgIpc) is 2.33. The Kier molecular flexibility index (Phi) is 3.71. The van der Waals surface area contributed by atoms with Gasteiger partial charge in [-0.25, -0.2) is 4.39 Å². The summed E-state index contributed by atoms with van der Waals surface area (Å²) in [6.45, 7) is 0. The molecule has 0 saturated heterocycles. The van der Waals surface area contributed by atoms with Crippen molar-refractivity contribution in [1.29, 1.82) is 0 Å². The van der Waals surface area contributed by atoms with Crippen molar-refractivity contribution in [3.05, 3.63) is 39.7 Å². The number of carbonyl (C=O) groups excluding carboxylic acids is 1. The van der Waals surface area contributed by atoms with Crippen LogP contribution < -0.4 is 5.32 Å². The Hall–Kier alpha value is -1.69. The number of benzene rings is 1. The molecule has 0 spiro atoms. The number of hydrogen-bond acceptors (Lipinski definition) is 3. The third-order valence-electron chi connectivity index (χ3n) is 3.35. The summed E-state index contributed by atoms with van der Waals surface area (Å²) < 4.78 is 13.7. The minimum absolute atomic E-state index is 0.206. The third kappa shape index (κ3) is 2.68. The van der Waals surface area contributed by atoms with Gasteiger partial charge in [-0.2, -0.15) is 0 Å². The van der Waals surface area contributed by atoms with Gasteiger partial charge in [0.05, 0.1) is 22.1 Å². The predicted octanol–water partition coefficient (Wildman–Crippen LogP) is 2.63. The van der Waals surface area contributed by atoms with E-state index in [4.69, 9.17) is 11.6 Å². The quantitative estimate of drug-likeness (QED) is 0.525. The molecule has 1 aromatic rings. The Morgan fingerprint density at radius 2 is 2.21 bits per heavy atom. The molecular weight excluding hydrogens is 275 g/mol. The molecule has 102 valence electrons. The zero-order valence-corrected chi connectivity index (χ0v) is 10.7. The molecule has 0 atom stereocenters. The summed E-state index contributed by atoms with van der Waals surface area (Å²) >= 11 is 5.80. The highest BCUT2D eigenvalue weighted by molar-refractivity contribution is 6.19. The Morgan fingerprint density at radius 1 is 1.53 bits per heavy atom. The second kappa shape index (κ2) is 5.13. The molecule has 7 heteroatoms. The van der Waals surface area contributed by atoms with Gasteiger partial charge in [-0.15, -0.1) is 11.6 Å². The third-order valence-corrected chi connectivity index (χ3v) is 3.86. The lowest BCUT2D eigenvalue weighted by molar-refractivity contribution is -0.385. The minimum atomic E-state index is -0.907. The Labute approximate surface area is 113 Å². The molecule has 0 heterocycles. The summed E-state index contributed by atoms with van der Waals surface area (Å²) in [5.41, 5.74) is -1.06. The number of carbonyl (C=O) groups is 1. The number of alkyl halides is 1. The molecule has 19 heavy (non-hydrogen) atoms. The lowest BCUT2D eigenvalue weighted by atomic mass is 9.78. The van der Waals surface area contributed by atoms with Crippen LogP contribution in [0.25, 0.3) is 0 Å². The number of hydrogen-bond donors (Lipinski definition) is 1. The van der Waals surface area contributed by atoms with Gasteiger partial charge in [0.15, 0.2) is 0 Å². The molecule has 0 unspecified atom stereocenters. The first-order chi connectivity index (χ1) is 8.97. The summed E-state index contributed by atoms with van der Waals surface area (Å²) in [5.74, 6) is -1.23. The molecule has 5 nitrogen and oxygen atoms in total. The molecule has 0 bridgehead atoms. The first-order valence-electron chi connectivity index (χ1n) is 5.80. The van der Waals surface area contributed by atoms with Gasteiger partial charge >= 0.3 is 0 Å². The second-order valence-corrected chi connectivity index (χ2v) is 4.91. The number of halogens is 2. The smallest absolute Gasteiger partial charge is 0.272 e. The zero-order valence-electron chi connectivity index (χ0n) is 9.99. The van der Waals surface area contributed by atoms with Crippen LogP contribution >= 0.6 is 11.6 Å². The van der Waals surface area contributed by atoms with Gasteiger partial charge in [0, 0.05) is 11.9 Å². The van der Waals surface area contributed by atoms with Gasteiger partial charge in [-0.3, -0.25) is 14.9 Å². The van der Waals surface area contributed by atoms with Crippen LogP contribution in [-0.4, -0.2) is 22.2 Å². The van der Waals surface area contributed by atoms with Crippen molar-refractivity contribution in [1.82, 2.24) is 5.32 Å². The molecule has 1 amide bonds. The van der Waals surface area contributed by atoms with Crippen LogP contribution in [0.15, 0.2) is 18.2 Å². The van der Waals surface area contributed by atoms with E-state index in [9.17, 15) is 19.3 Å². The van der Waals surface area contributed by atoms with Crippen LogP contribution in [0.1, 0.15) is 29.6 Å². The normalized spacial score (nSPS) is 16.5. The number of nitrogens with one attached hydrogen (secondary N) is 1. The number of rotatable bonds is 4. The largest absolute Gasteiger partial charge is 0.345 e. The van der Waals surface area contributed by atoms with E-state index in [1.54, 1.807) is 0 Å². The first kappa shape index (κ1) is 13.7. The van der Waals surface area contributed by atoms with Crippen molar-refractivity contribution in [2.24, 2.45) is 0 Å². The van der Waals surface area contributed by atoms with E-state index >= 15 is 0 Å². The molecule has 0 aromatic heterocycles. The zero-order chi connectivity index (χ0) is 14.0. The maximum absolute atomic E-state index is 13.7. The van der Waals surface area contributed by atoms with Gasteiger partial charge < -0.3 is 5.32 Å². The van der Waals surface area contributed by atoms with E-state index in [1.165, 1.54) is 0 Å². The highest BCUT2D eigenvalue weighted by atomic mass is 35.5. The Bertz CT molecular complexity index is 526. The highest BCUT2D eigenvalue weighted by Gasteiger charge is 2.38. The van der Waals surface area contributed by atoms with Crippen molar-refractivity contribution in [2.45, 2.75) is 24.8 Å². The molecule has 1 N–H and O–H groups in total. The van der Waals surface area contributed by atoms with Crippen LogP contribution in [-0.2, 0) is 0 Å². The van der Waals surface area contributed by atoms with Gasteiger partial charge in [-0.1, -0.05) is 0 Å². The molecule has 2 rings (SSSR count). The van der Waals surface area contributed by atoms with Crippen LogP contribution in [0.4, 0.5) is 10.1 Å². The lowest BCUT2D eigenvalue weighted by Gasteiger charge is -2.41. The van der Waals surface area contributed by atoms with Crippen molar-refractivity contribution in [2.75, 3.05) is 5.88 Å². The minimum Gasteiger partial charge on any atom is -0.345 e. The van der Waals surface area contributed by atoms with Crippen LogP contribution in [0.5, 0.6) is 0 Å². The fraction of sp³-hybridized carbons (Fsp3) is 0.417. The van der Waals surface area contributed by atoms with Gasteiger partial charge in [0.1, 0.15) is 5.82 Å². The van der Waals surface area contributed by atoms with Gasteiger partial charge in [-0.05, 0) is 25.3 Å². The fourth-order valence-electron chi connectivity index (χ4n) is 2.01. The molecule has 0 aliphatic heterocycles. The van der Waals surface area contributed by atoms with E-state index in [0.717, 1.165) is 37.5 Å². The molecule has 1 aliphatic rings. The number of amides is 1. The van der Waals surface area contributed by atoms with Crippen molar-refractivity contribution in [3.63, 3.8) is 0 Å². The summed E-state index contributed by atoms with van der Waals surface area (Å²) in [6.07, 6.45) is 2.49. The molecule has 1 fully saturated rings. The van der Waals surface area contributed by atoms with E-state index < -0.39 is 22.2 Å². The van der Waals surface area contributed by atoms with E-state index in [2.05, 4.69) is 5.32 Å². The van der Waals surface area contributed by atoms with E-state index in [0.29, 0.717) is 0 Å². The maximum atomic E-state index is 13.7. The predicted molar refractivity (Wildman–Crippen MR) is 67.8 cm³/mol. The van der Waals surface area contributed by atoms with Crippen LogP contribution in [0.3, 0.4) is 0 Å². The van der Waals surface area contributed by atoms with Crippen molar-refractivity contribution in [3.8, 4) is 0 Å². The number of nitrogens with zero attached hydrogens (tertiary/aromatic N) is 1. The molecule has 1 aliphatic carbocycles. The topological polar surface area (TPSA) is 72.2 Å². The molecule has 1 saturated carbocycles. The van der Waals surface area contributed by atoms with Gasteiger partial charge in [0.25, 0.3) is 11.6 Å². The highest BCUT2D eigenvalue weighted by Crippen LogP contribution is 2.33. The Balaban J connectivity index is 2.17. The Morgan fingerprint density at radius 3 is 2.63 bits per heavy atom. The lowest BCUT2D eigenvalue weighted by Crippen LogP contribution is -2.55. The molecule has 1 aromatic carbocycles. The standard InChI is InChI=1S/C12H12ClFN2O3/c13-7-12(4-1-5-12)15-11(17)9-3-2-8(16(18)19)6-10(9)14/h2-3,6H,1,4-5,7H2,(H,15,17). The fourth-order valence-corrected chi connectivity index (χ4v) is 2.34. The van der Waals surface area contributed by atoms with Crippen molar-refractivity contribution >= 4 is 23.2 Å². The van der Waals surface area contributed by atoms with E-state index in [-0.39, 0.29) is 17.1 Å². The molecular formula is C12H12ClFN2O3. The van der Waals surface area contributed by atoms with Crippen molar-refractivity contribution < 1.29 is 14.1 Å². The van der Waals surface area contributed by atoms with Gasteiger partial charge in [0.2, 0.25) is 0 Å². The SMILES string of the molecule is O=C(NC1(CCl)CCC1)c1ccc([N+](=O)[O-])cc1F. The summed E-state index contributed by atoms with van der Waals surface area (Å²) in [6, 6.07) is 2.96. The van der Waals surface area contributed by atoms with Crippen LogP contribution in [0.2, 0.25) is 0 Å². The monoisotopic (exact) mass is 286 g/mol. The summed E-state index contributed by atoms with van der Waals surface area (Å²) in [5, 5.41) is 13.2. The first-order valence-corrected chi connectivity index (χ1v) is 6.33. The van der Waals surface area contributed by atoms with E-state index in [1.807, 2.05) is 0 Å². The molecule has 0 radical (unpaired) electrons. The number of non-ortho nitro benzene ring substituents is 1. The number of nitro groups is 1.